The molecule has 0 unspecified atom stereocenters. The second-order valence-corrected chi connectivity index (χ2v) is 4.66. The summed E-state index contributed by atoms with van der Waals surface area (Å²) in [4.78, 5) is 23.1. The van der Waals surface area contributed by atoms with Gasteiger partial charge in [-0.15, -0.1) is 11.3 Å². The number of nitrogens with one attached hydrogen (secondary N) is 1. The minimum absolute atomic E-state index is 0.0809. The van der Waals surface area contributed by atoms with Crippen molar-refractivity contribution in [1.82, 2.24) is 5.32 Å². The molecule has 7 heteroatoms. The highest BCUT2D eigenvalue weighted by Crippen LogP contribution is 2.28. The molecular weight excluding hydrogens is 256 g/mol. The van der Waals surface area contributed by atoms with Gasteiger partial charge in [-0.1, -0.05) is 0 Å². The monoisotopic (exact) mass is 268 g/mol. The maximum absolute atomic E-state index is 11.3. The molecule has 0 radical (unpaired) electrons. The molecular formula is C11H12N2O4S. The van der Waals surface area contributed by atoms with Crippen molar-refractivity contribution in [1.29, 1.82) is 5.26 Å². The summed E-state index contributed by atoms with van der Waals surface area (Å²) in [5, 5.41) is 19.7. The first kappa shape index (κ1) is 14.0. The Kier molecular flexibility index (Phi) is 5.14. The fourth-order valence-corrected chi connectivity index (χ4v) is 1.99. The topological polar surface area (TPSA) is 99.4 Å². The van der Waals surface area contributed by atoms with Crippen molar-refractivity contribution >= 4 is 23.2 Å². The number of carbonyl (C=O) groups excluding carboxylic acids is 1. The third-order valence-corrected chi connectivity index (χ3v) is 2.95. The Balaban J connectivity index is 2.51. The van der Waals surface area contributed by atoms with Crippen LogP contribution in [0.2, 0.25) is 0 Å². The number of amides is 1. The lowest BCUT2D eigenvalue weighted by Crippen LogP contribution is -2.29. The van der Waals surface area contributed by atoms with E-state index in [4.69, 9.17) is 15.1 Å². The molecule has 0 aliphatic rings. The smallest absolute Gasteiger partial charge is 0.349 e. The summed E-state index contributed by atoms with van der Waals surface area (Å²) in [6.07, 6.45) is 0.226. The van der Waals surface area contributed by atoms with Crippen molar-refractivity contribution in [2.45, 2.75) is 13.3 Å². The number of carbonyl (C=O) groups is 2. The van der Waals surface area contributed by atoms with Gasteiger partial charge in [-0.2, -0.15) is 5.26 Å². The molecule has 18 heavy (non-hydrogen) atoms. The van der Waals surface area contributed by atoms with Crippen molar-refractivity contribution in [2.75, 3.05) is 13.2 Å². The Morgan fingerprint density at radius 3 is 2.94 bits per heavy atom. The Bertz CT molecular complexity index is 490. The zero-order chi connectivity index (χ0) is 13.5. The van der Waals surface area contributed by atoms with Crippen LogP contribution in [0.4, 0.5) is 0 Å². The minimum Gasteiger partial charge on any atom is -0.482 e. The van der Waals surface area contributed by atoms with Gasteiger partial charge < -0.3 is 15.2 Å². The molecule has 1 rings (SSSR count). The third kappa shape index (κ3) is 4.07. The number of aryl methyl sites for hydroxylation is 1. The molecule has 0 saturated heterocycles. The molecule has 0 bridgehead atoms. The van der Waals surface area contributed by atoms with Gasteiger partial charge in [-0.25, -0.2) is 4.79 Å². The van der Waals surface area contributed by atoms with Gasteiger partial charge in [0.2, 0.25) is 0 Å². The maximum Gasteiger partial charge on any atom is 0.349 e. The van der Waals surface area contributed by atoms with Crippen LogP contribution in [-0.2, 0) is 4.79 Å². The highest BCUT2D eigenvalue weighted by molar-refractivity contribution is 7.14. The Hall–Kier alpha value is -2.07. The highest BCUT2D eigenvalue weighted by Gasteiger charge is 2.16. The van der Waals surface area contributed by atoms with Crippen molar-refractivity contribution in [3.05, 3.63) is 15.8 Å². The Morgan fingerprint density at radius 1 is 1.61 bits per heavy atom. The fraction of sp³-hybridized carbons (Fsp3) is 0.364. The van der Waals surface area contributed by atoms with Crippen molar-refractivity contribution in [3.8, 4) is 11.8 Å². The van der Waals surface area contributed by atoms with Gasteiger partial charge in [0.15, 0.2) is 11.5 Å². The zero-order valence-corrected chi connectivity index (χ0v) is 10.5. The SMILES string of the molecule is Cc1cc(OCC(=O)NCCC#N)c(C(=O)O)s1. The van der Waals surface area contributed by atoms with E-state index in [-0.39, 0.29) is 36.1 Å². The van der Waals surface area contributed by atoms with Crippen LogP contribution in [0.5, 0.6) is 5.75 Å². The lowest BCUT2D eigenvalue weighted by atomic mass is 10.4. The first-order chi connectivity index (χ1) is 8.54. The molecule has 0 aliphatic carbocycles. The van der Waals surface area contributed by atoms with Crippen LogP contribution in [0.3, 0.4) is 0 Å². The van der Waals surface area contributed by atoms with E-state index in [2.05, 4.69) is 5.32 Å². The number of nitrogens with zero attached hydrogens (tertiary/aromatic N) is 1. The fourth-order valence-electron chi connectivity index (χ4n) is 1.20. The van der Waals surface area contributed by atoms with E-state index in [1.54, 1.807) is 13.0 Å². The number of thiophene rings is 1. The quantitative estimate of drug-likeness (QED) is 0.754. The second kappa shape index (κ2) is 6.61. The van der Waals surface area contributed by atoms with E-state index in [0.29, 0.717) is 0 Å². The van der Waals surface area contributed by atoms with Crippen LogP contribution in [0.1, 0.15) is 21.0 Å². The Morgan fingerprint density at radius 2 is 2.33 bits per heavy atom. The standard InChI is InChI=1S/C11H12N2O4S/c1-7-5-8(10(18-7)11(15)16)17-6-9(14)13-4-2-3-12/h5H,2,4,6H2,1H3,(H,13,14)(H,15,16). The summed E-state index contributed by atoms with van der Waals surface area (Å²) in [5.74, 6) is -1.26. The molecule has 0 spiro atoms. The zero-order valence-electron chi connectivity index (χ0n) is 9.73. The lowest BCUT2D eigenvalue weighted by Gasteiger charge is -2.05. The summed E-state index contributed by atoms with van der Waals surface area (Å²) < 4.78 is 5.15. The molecule has 1 aromatic rings. The maximum atomic E-state index is 11.3. The van der Waals surface area contributed by atoms with Crippen molar-refractivity contribution in [2.24, 2.45) is 0 Å². The molecule has 0 atom stereocenters. The van der Waals surface area contributed by atoms with Crippen LogP contribution < -0.4 is 10.1 Å². The van der Waals surface area contributed by atoms with E-state index in [1.165, 1.54) is 0 Å². The van der Waals surface area contributed by atoms with Gasteiger partial charge in [0.1, 0.15) is 5.75 Å². The van der Waals surface area contributed by atoms with Gasteiger partial charge >= 0.3 is 5.97 Å². The largest absolute Gasteiger partial charge is 0.482 e. The number of aromatic carboxylic acids is 1. The summed E-state index contributed by atoms with van der Waals surface area (Å²) in [6, 6.07) is 3.47. The first-order valence-electron chi connectivity index (χ1n) is 5.14. The van der Waals surface area contributed by atoms with Crippen LogP contribution in [0.25, 0.3) is 0 Å². The number of carboxylic acids is 1. The first-order valence-corrected chi connectivity index (χ1v) is 5.96. The normalized spacial score (nSPS) is 9.56. The average molecular weight is 268 g/mol. The van der Waals surface area contributed by atoms with Crippen LogP contribution in [-0.4, -0.2) is 30.1 Å². The van der Waals surface area contributed by atoms with Crippen molar-refractivity contribution in [3.63, 3.8) is 0 Å². The molecule has 2 N–H and O–H groups in total. The van der Waals surface area contributed by atoms with Crippen molar-refractivity contribution < 1.29 is 19.4 Å². The molecule has 0 aromatic carbocycles. The van der Waals surface area contributed by atoms with Crippen LogP contribution >= 0.6 is 11.3 Å². The average Bonchev–Trinajstić information content (AvgIpc) is 2.68. The van der Waals surface area contributed by atoms with E-state index in [0.717, 1.165) is 16.2 Å². The van der Waals surface area contributed by atoms with E-state index in [9.17, 15) is 9.59 Å². The third-order valence-electron chi connectivity index (χ3n) is 1.93. The van der Waals surface area contributed by atoms with E-state index >= 15 is 0 Å². The summed E-state index contributed by atoms with van der Waals surface area (Å²) in [6.45, 7) is 1.76. The number of hydrogen-bond donors (Lipinski definition) is 2. The van der Waals surface area contributed by atoms with Gasteiger partial charge in [-0.3, -0.25) is 4.79 Å². The number of hydrogen-bond acceptors (Lipinski definition) is 5. The summed E-state index contributed by atoms with van der Waals surface area (Å²) in [5.41, 5.74) is 0. The number of rotatable bonds is 6. The number of carboxylic acid groups (broad SMARTS) is 1. The number of ether oxygens (including phenoxy) is 1. The van der Waals surface area contributed by atoms with Gasteiger partial charge in [0.05, 0.1) is 12.5 Å². The second-order valence-electron chi connectivity index (χ2n) is 3.40. The molecule has 96 valence electrons. The number of nitriles is 1. The molecule has 1 aromatic heterocycles. The summed E-state index contributed by atoms with van der Waals surface area (Å²) in [7, 11) is 0. The lowest BCUT2D eigenvalue weighted by molar-refractivity contribution is -0.123. The minimum atomic E-state index is -1.08. The van der Waals surface area contributed by atoms with E-state index in [1.807, 2.05) is 6.07 Å². The molecule has 1 amide bonds. The Labute approximate surface area is 108 Å². The molecule has 0 saturated carbocycles. The van der Waals surface area contributed by atoms with Crippen LogP contribution in [0, 0.1) is 18.3 Å². The van der Waals surface area contributed by atoms with Gasteiger partial charge in [0, 0.05) is 11.4 Å². The molecule has 0 aliphatic heterocycles. The predicted octanol–water partition coefficient (Wildman–Crippen LogP) is 1.16. The van der Waals surface area contributed by atoms with Crippen LogP contribution in [0.15, 0.2) is 6.07 Å². The predicted molar refractivity (Wildman–Crippen MR) is 64.8 cm³/mol. The molecule has 0 fully saturated rings. The summed E-state index contributed by atoms with van der Waals surface area (Å²) >= 11 is 1.10. The highest BCUT2D eigenvalue weighted by atomic mass is 32.1. The van der Waals surface area contributed by atoms with Gasteiger partial charge in [0.25, 0.3) is 5.91 Å². The molecule has 1 heterocycles. The molecule has 6 nitrogen and oxygen atoms in total. The van der Waals surface area contributed by atoms with E-state index < -0.39 is 5.97 Å². The van der Waals surface area contributed by atoms with Gasteiger partial charge in [-0.05, 0) is 13.0 Å².